The number of hydrogen-bond acceptors (Lipinski definition) is 1. The number of rotatable bonds is 4. The van der Waals surface area contributed by atoms with Gasteiger partial charge in [0, 0.05) is 12.0 Å². The van der Waals surface area contributed by atoms with E-state index in [0.29, 0.717) is 6.42 Å². The van der Waals surface area contributed by atoms with Crippen molar-refractivity contribution in [3.8, 4) is 0 Å². The van der Waals surface area contributed by atoms with Gasteiger partial charge >= 0.3 is 0 Å². The van der Waals surface area contributed by atoms with E-state index in [1.807, 2.05) is 55.5 Å². The first kappa shape index (κ1) is 12.6. The molecule has 0 N–H and O–H groups in total. The van der Waals surface area contributed by atoms with Crippen LogP contribution in [-0.2, 0) is 12.8 Å². The molecule has 0 atom stereocenters. The van der Waals surface area contributed by atoms with Crippen LogP contribution >= 0.6 is 0 Å². The standard InChI is InChI=1S/C17H18O/c1-3-14-9-6-7-11-16(14)17(18)12-15-10-5-4-8-13(15)2/h4-11H,3,12H2,1-2H3. The molecule has 0 saturated carbocycles. The third-order valence-corrected chi connectivity index (χ3v) is 3.31. The first-order chi connectivity index (χ1) is 8.72. The molecule has 0 fully saturated rings. The summed E-state index contributed by atoms with van der Waals surface area (Å²) in [6.07, 6.45) is 1.39. The van der Waals surface area contributed by atoms with Gasteiger partial charge in [0.2, 0.25) is 0 Å². The molecule has 2 aromatic rings. The second kappa shape index (κ2) is 5.63. The van der Waals surface area contributed by atoms with Gasteiger partial charge in [-0.1, -0.05) is 55.5 Å². The van der Waals surface area contributed by atoms with E-state index in [-0.39, 0.29) is 5.78 Å². The van der Waals surface area contributed by atoms with Crippen molar-refractivity contribution in [2.75, 3.05) is 0 Å². The van der Waals surface area contributed by atoms with E-state index < -0.39 is 0 Å². The number of hydrogen-bond donors (Lipinski definition) is 0. The van der Waals surface area contributed by atoms with Gasteiger partial charge in [-0.15, -0.1) is 0 Å². The minimum Gasteiger partial charge on any atom is -0.294 e. The van der Waals surface area contributed by atoms with Gasteiger partial charge in [0.1, 0.15) is 0 Å². The second-order valence-corrected chi connectivity index (χ2v) is 4.54. The number of carbonyl (C=O) groups is 1. The first-order valence-electron chi connectivity index (χ1n) is 6.38. The van der Waals surface area contributed by atoms with Crippen LogP contribution in [0.5, 0.6) is 0 Å². The topological polar surface area (TPSA) is 17.1 Å². The fraction of sp³-hybridized carbons (Fsp3) is 0.235. The third kappa shape index (κ3) is 2.67. The van der Waals surface area contributed by atoms with E-state index in [9.17, 15) is 4.79 Å². The number of carbonyl (C=O) groups excluding carboxylic acids is 1. The third-order valence-electron chi connectivity index (χ3n) is 3.31. The van der Waals surface area contributed by atoms with Crippen LogP contribution in [0.2, 0.25) is 0 Å². The smallest absolute Gasteiger partial charge is 0.167 e. The Morgan fingerprint density at radius 2 is 1.56 bits per heavy atom. The van der Waals surface area contributed by atoms with E-state index in [4.69, 9.17) is 0 Å². The normalized spacial score (nSPS) is 10.3. The highest BCUT2D eigenvalue weighted by atomic mass is 16.1. The molecule has 1 heteroatoms. The summed E-state index contributed by atoms with van der Waals surface area (Å²) in [5, 5.41) is 0. The van der Waals surface area contributed by atoms with Gasteiger partial charge in [0.05, 0.1) is 0 Å². The van der Waals surface area contributed by atoms with Crippen LogP contribution in [0.25, 0.3) is 0 Å². The lowest BCUT2D eigenvalue weighted by Gasteiger charge is -2.08. The van der Waals surface area contributed by atoms with Crippen molar-refractivity contribution in [2.45, 2.75) is 26.7 Å². The van der Waals surface area contributed by atoms with E-state index in [2.05, 4.69) is 6.92 Å². The second-order valence-electron chi connectivity index (χ2n) is 4.54. The summed E-state index contributed by atoms with van der Waals surface area (Å²) in [6, 6.07) is 16.0. The van der Waals surface area contributed by atoms with Crippen molar-refractivity contribution in [2.24, 2.45) is 0 Å². The molecule has 0 aromatic heterocycles. The first-order valence-corrected chi connectivity index (χ1v) is 6.38. The zero-order valence-corrected chi connectivity index (χ0v) is 10.9. The minimum atomic E-state index is 0.210. The highest BCUT2D eigenvalue weighted by Gasteiger charge is 2.11. The van der Waals surface area contributed by atoms with E-state index in [1.54, 1.807) is 0 Å². The van der Waals surface area contributed by atoms with Gasteiger partial charge in [0.15, 0.2) is 5.78 Å². The van der Waals surface area contributed by atoms with Gasteiger partial charge in [-0.25, -0.2) is 0 Å². The molecule has 92 valence electrons. The molecule has 0 aliphatic carbocycles. The fourth-order valence-electron chi connectivity index (χ4n) is 2.18. The maximum Gasteiger partial charge on any atom is 0.167 e. The predicted molar refractivity (Wildman–Crippen MR) is 75.0 cm³/mol. The van der Waals surface area contributed by atoms with E-state index in [1.165, 1.54) is 5.56 Å². The monoisotopic (exact) mass is 238 g/mol. The molecular formula is C17H18O. The van der Waals surface area contributed by atoms with Crippen molar-refractivity contribution in [3.05, 3.63) is 70.8 Å². The largest absolute Gasteiger partial charge is 0.294 e. The maximum atomic E-state index is 12.3. The molecule has 2 aromatic carbocycles. The molecule has 18 heavy (non-hydrogen) atoms. The van der Waals surface area contributed by atoms with Gasteiger partial charge < -0.3 is 0 Å². The summed E-state index contributed by atoms with van der Waals surface area (Å²) in [4.78, 5) is 12.3. The Bertz CT molecular complexity index is 555. The molecule has 0 bridgehead atoms. The van der Waals surface area contributed by atoms with Gasteiger partial charge in [-0.05, 0) is 30.0 Å². The summed E-state index contributed by atoms with van der Waals surface area (Å²) in [5.41, 5.74) is 4.30. The lowest BCUT2D eigenvalue weighted by molar-refractivity contribution is 0.0992. The van der Waals surface area contributed by atoms with Crippen LogP contribution in [0.3, 0.4) is 0 Å². The number of ketones is 1. The van der Waals surface area contributed by atoms with Gasteiger partial charge in [-0.2, -0.15) is 0 Å². The molecule has 0 amide bonds. The number of Topliss-reactive ketones (excluding diaryl/α,β-unsaturated/α-hetero) is 1. The Hall–Kier alpha value is -1.89. The molecule has 0 heterocycles. The molecule has 0 saturated heterocycles. The van der Waals surface area contributed by atoms with Crippen molar-refractivity contribution >= 4 is 5.78 Å². The van der Waals surface area contributed by atoms with Crippen molar-refractivity contribution < 1.29 is 4.79 Å². The van der Waals surface area contributed by atoms with Crippen LogP contribution in [0.15, 0.2) is 48.5 Å². The van der Waals surface area contributed by atoms with Crippen LogP contribution in [-0.4, -0.2) is 5.78 Å². The van der Waals surface area contributed by atoms with Crippen molar-refractivity contribution in [1.29, 1.82) is 0 Å². The number of aryl methyl sites for hydroxylation is 2. The Morgan fingerprint density at radius 1 is 0.944 bits per heavy atom. The zero-order chi connectivity index (χ0) is 13.0. The molecule has 0 radical (unpaired) electrons. The van der Waals surface area contributed by atoms with Crippen molar-refractivity contribution in [1.82, 2.24) is 0 Å². The van der Waals surface area contributed by atoms with Crippen molar-refractivity contribution in [3.63, 3.8) is 0 Å². The lowest BCUT2D eigenvalue weighted by Crippen LogP contribution is -2.07. The molecule has 0 spiro atoms. The average Bonchev–Trinajstić information content (AvgIpc) is 2.41. The minimum absolute atomic E-state index is 0.210. The summed E-state index contributed by atoms with van der Waals surface area (Å²) < 4.78 is 0. The Labute approximate surface area is 108 Å². The molecule has 0 aliphatic rings. The van der Waals surface area contributed by atoms with Crippen LogP contribution in [0.4, 0.5) is 0 Å². The van der Waals surface area contributed by atoms with E-state index in [0.717, 1.165) is 23.1 Å². The van der Waals surface area contributed by atoms with E-state index >= 15 is 0 Å². The molecule has 2 rings (SSSR count). The molecule has 0 aliphatic heterocycles. The number of benzene rings is 2. The van der Waals surface area contributed by atoms with Gasteiger partial charge in [-0.3, -0.25) is 4.79 Å². The predicted octanol–water partition coefficient (Wildman–Crippen LogP) is 3.98. The fourth-order valence-corrected chi connectivity index (χ4v) is 2.18. The Balaban J connectivity index is 2.25. The Morgan fingerprint density at radius 3 is 2.22 bits per heavy atom. The highest BCUT2D eigenvalue weighted by molar-refractivity contribution is 5.99. The van der Waals surface area contributed by atoms with Crippen LogP contribution < -0.4 is 0 Å². The summed E-state index contributed by atoms with van der Waals surface area (Å²) in [7, 11) is 0. The molecule has 1 nitrogen and oxygen atoms in total. The average molecular weight is 238 g/mol. The lowest BCUT2D eigenvalue weighted by atomic mass is 9.95. The summed E-state index contributed by atoms with van der Waals surface area (Å²) in [6.45, 7) is 4.13. The molecule has 0 unspecified atom stereocenters. The van der Waals surface area contributed by atoms with Gasteiger partial charge in [0.25, 0.3) is 0 Å². The molecular weight excluding hydrogens is 220 g/mol. The Kier molecular flexibility index (Phi) is 3.93. The quantitative estimate of drug-likeness (QED) is 0.736. The maximum absolute atomic E-state index is 12.3. The summed E-state index contributed by atoms with van der Waals surface area (Å²) >= 11 is 0. The SMILES string of the molecule is CCc1ccccc1C(=O)Cc1ccccc1C. The van der Waals surface area contributed by atoms with Crippen LogP contribution in [0.1, 0.15) is 34.0 Å². The highest BCUT2D eigenvalue weighted by Crippen LogP contribution is 2.15. The zero-order valence-electron chi connectivity index (χ0n) is 10.9. The summed E-state index contributed by atoms with van der Waals surface area (Å²) in [5.74, 6) is 0.210. The van der Waals surface area contributed by atoms with Crippen LogP contribution in [0, 0.1) is 6.92 Å².